The first-order chi connectivity index (χ1) is 13.1. The quantitative estimate of drug-likeness (QED) is 0.545. The number of thiophene rings is 1. The van der Waals surface area contributed by atoms with E-state index in [4.69, 9.17) is 4.74 Å². The van der Waals surface area contributed by atoms with Gasteiger partial charge in [0.25, 0.3) is 5.56 Å². The Labute approximate surface area is 159 Å². The second-order valence-electron chi connectivity index (χ2n) is 6.28. The molecule has 0 spiro atoms. The molecule has 0 saturated carbocycles. The summed E-state index contributed by atoms with van der Waals surface area (Å²) in [5.74, 6) is 0.761. The van der Waals surface area contributed by atoms with Crippen LogP contribution in [0.5, 0.6) is 5.75 Å². The van der Waals surface area contributed by atoms with Gasteiger partial charge in [0.2, 0.25) is 0 Å². The van der Waals surface area contributed by atoms with Crippen molar-refractivity contribution in [2.75, 3.05) is 7.11 Å². The highest BCUT2D eigenvalue weighted by Crippen LogP contribution is 2.19. The van der Waals surface area contributed by atoms with Crippen molar-refractivity contribution in [1.82, 2.24) is 9.13 Å². The van der Waals surface area contributed by atoms with Crippen LogP contribution in [0.3, 0.4) is 0 Å². The number of benzene rings is 2. The van der Waals surface area contributed by atoms with Gasteiger partial charge in [-0.25, -0.2) is 9.36 Å². The number of hydrogen-bond acceptors (Lipinski definition) is 4. The van der Waals surface area contributed by atoms with E-state index in [1.165, 1.54) is 15.9 Å². The van der Waals surface area contributed by atoms with Crippen LogP contribution in [0.25, 0.3) is 15.9 Å². The van der Waals surface area contributed by atoms with Crippen LogP contribution in [-0.4, -0.2) is 16.2 Å². The fraction of sp³-hybridized carbons (Fsp3) is 0.143. The van der Waals surface area contributed by atoms with Crippen LogP contribution >= 0.6 is 11.3 Å². The summed E-state index contributed by atoms with van der Waals surface area (Å²) in [6.45, 7) is 2.27. The third kappa shape index (κ3) is 2.98. The summed E-state index contributed by atoms with van der Waals surface area (Å²) in [7, 11) is 1.62. The third-order valence-corrected chi connectivity index (χ3v) is 5.50. The second-order valence-corrected chi connectivity index (χ2v) is 7.19. The van der Waals surface area contributed by atoms with Gasteiger partial charge in [-0.2, -0.15) is 0 Å². The normalized spacial score (nSPS) is 11.0. The molecule has 2 aromatic heterocycles. The average molecular weight is 378 g/mol. The van der Waals surface area contributed by atoms with Crippen molar-refractivity contribution in [3.05, 3.63) is 91.9 Å². The van der Waals surface area contributed by atoms with Crippen molar-refractivity contribution < 1.29 is 4.74 Å². The summed E-state index contributed by atoms with van der Waals surface area (Å²) in [6, 6.07) is 16.8. The molecule has 0 radical (unpaired) electrons. The lowest BCUT2D eigenvalue weighted by Gasteiger charge is -2.14. The monoisotopic (exact) mass is 378 g/mol. The molecule has 2 aromatic carbocycles. The van der Waals surface area contributed by atoms with Crippen LogP contribution in [0.4, 0.5) is 0 Å². The van der Waals surface area contributed by atoms with Crippen LogP contribution in [0.15, 0.2) is 69.6 Å². The molecule has 0 N–H and O–H groups in total. The molecule has 0 aliphatic carbocycles. The molecule has 6 heteroatoms. The van der Waals surface area contributed by atoms with Crippen LogP contribution in [-0.2, 0) is 6.54 Å². The van der Waals surface area contributed by atoms with Crippen molar-refractivity contribution >= 4 is 21.6 Å². The van der Waals surface area contributed by atoms with E-state index in [1.54, 1.807) is 17.7 Å². The number of methoxy groups -OCH3 is 1. The number of fused-ring (bicyclic) bond motifs is 1. The van der Waals surface area contributed by atoms with Gasteiger partial charge >= 0.3 is 5.69 Å². The van der Waals surface area contributed by atoms with Crippen molar-refractivity contribution in [3.8, 4) is 11.4 Å². The zero-order chi connectivity index (χ0) is 19.0. The zero-order valence-electron chi connectivity index (χ0n) is 15.0. The van der Waals surface area contributed by atoms with Crippen LogP contribution in [0.1, 0.15) is 11.1 Å². The molecule has 0 aliphatic heterocycles. The summed E-state index contributed by atoms with van der Waals surface area (Å²) in [5.41, 5.74) is 2.51. The molecule has 0 atom stereocenters. The summed E-state index contributed by atoms with van der Waals surface area (Å²) in [5, 5.41) is 1.85. The smallest absolute Gasteiger partial charge is 0.336 e. The lowest BCUT2D eigenvalue weighted by atomic mass is 10.2. The Morgan fingerprint density at radius 2 is 1.74 bits per heavy atom. The maximum Gasteiger partial charge on any atom is 0.336 e. The summed E-state index contributed by atoms with van der Waals surface area (Å²) < 4.78 is 8.70. The molecule has 0 bridgehead atoms. The Bertz CT molecular complexity index is 1230. The van der Waals surface area contributed by atoms with E-state index in [2.05, 4.69) is 0 Å². The lowest BCUT2D eigenvalue weighted by molar-refractivity contribution is 0.414. The molecule has 4 rings (SSSR count). The Balaban J connectivity index is 1.95. The largest absolute Gasteiger partial charge is 0.497 e. The number of hydrogen-bond donors (Lipinski definition) is 0. The fourth-order valence-electron chi connectivity index (χ4n) is 3.18. The fourth-order valence-corrected chi connectivity index (χ4v) is 4.00. The van der Waals surface area contributed by atoms with E-state index in [-0.39, 0.29) is 11.2 Å². The van der Waals surface area contributed by atoms with E-state index in [0.717, 1.165) is 16.9 Å². The Hall–Kier alpha value is -3.12. The minimum Gasteiger partial charge on any atom is -0.497 e. The van der Waals surface area contributed by atoms with Gasteiger partial charge < -0.3 is 4.74 Å². The van der Waals surface area contributed by atoms with Crippen LogP contribution < -0.4 is 16.0 Å². The highest BCUT2D eigenvalue weighted by Gasteiger charge is 2.16. The molecule has 0 unspecified atom stereocenters. The summed E-state index contributed by atoms with van der Waals surface area (Å²) in [6.07, 6.45) is 0. The predicted octanol–water partition coefficient (Wildman–Crippen LogP) is 3.58. The third-order valence-electron chi connectivity index (χ3n) is 4.61. The lowest BCUT2D eigenvalue weighted by Crippen LogP contribution is -2.39. The molecule has 0 aliphatic rings. The molecule has 5 nitrogen and oxygen atoms in total. The van der Waals surface area contributed by atoms with Gasteiger partial charge in [-0.3, -0.25) is 9.36 Å². The molecule has 0 amide bonds. The standard InChI is InChI=1S/C21H18N2O3S/c1-14-5-3-4-6-17(14)23-20(24)19-18(11-12-27-19)22(21(23)25)13-15-7-9-16(26-2)10-8-15/h3-12H,13H2,1-2H3. The number of aryl methyl sites for hydroxylation is 1. The minimum absolute atomic E-state index is 0.273. The molecule has 4 aromatic rings. The molecular weight excluding hydrogens is 360 g/mol. The first-order valence-electron chi connectivity index (χ1n) is 8.52. The average Bonchev–Trinajstić information content (AvgIpc) is 3.17. The van der Waals surface area contributed by atoms with Gasteiger partial charge in [0, 0.05) is 0 Å². The topological polar surface area (TPSA) is 53.2 Å². The van der Waals surface area contributed by atoms with Crippen LogP contribution in [0, 0.1) is 6.92 Å². The predicted molar refractivity (Wildman–Crippen MR) is 109 cm³/mol. The Morgan fingerprint density at radius 1 is 1.00 bits per heavy atom. The number of aromatic nitrogens is 2. The summed E-state index contributed by atoms with van der Waals surface area (Å²) >= 11 is 1.36. The van der Waals surface area contributed by atoms with E-state index < -0.39 is 0 Å². The second kappa shape index (κ2) is 6.89. The number of ether oxygens (including phenoxy) is 1. The molecule has 2 heterocycles. The molecular formula is C21H18N2O3S. The van der Waals surface area contributed by atoms with Crippen molar-refractivity contribution in [2.45, 2.75) is 13.5 Å². The number of nitrogens with zero attached hydrogens (tertiary/aromatic N) is 2. The van der Waals surface area contributed by atoms with Gasteiger partial charge in [-0.15, -0.1) is 11.3 Å². The minimum atomic E-state index is -0.337. The number of rotatable bonds is 4. The maximum atomic E-state index is 13.3. The van der Waals surface area contributed by atoms with Gasteiger partial charge in [-0.1, -0.05) is 30.3 Å². The molecule has 0 fully saturated rings. The van der Waals surface area contributed by atoms with Gasteiger partial charge in [0.1, 0.15) is 10.4 Å². The van der Waals surface area contributed by atoms with E-state index in [1.807, 2.05) is 60.8 Å². The molecule has 0 saturated heterocycles. The van der Waals surface area contributed by atoms with Crippen molar-refractivity contribution in [2.24, 2.45) is 0 Å². The first-order valence-corrected chi connectivity index (χ1v) is 9.40. The van der Waals surface area contributed by atoms with Gasteiger partial charge in [-0.05, 0) is 47.7 Å². The van der Waals surface area contributed by atoms with Crippen molar-refractivity contribution in [1.29, 1.82) is 0 Å². The summed E-state index contributed by atoms with van der Waals surface area (Å²) in [4.78, 5) is 26.3. The van der Waals surface area contributed by atoms with Gasteiger partial charge in [0.05, 0.1) is 24.9 Å². The van der Waals surface area contributed by atoms with Crippen molar-refractivity contribution in [3.63, 3.8) is 0 Å². The first kappa shape index (κ1) is 17.3. The van der Waals surface area contributed by atoms with E-state index in [9.17, 15) is 9.59 Å². The molecule has 136 valence electrons. The van der Waals surface area contributed by atoms with E-state index >= 15 is 0 Å². The van der Waals surface area contributed by atoms with Crippen LogP contribution in [0.2, 0.25) is 0 Å². The van der Waals surface area contributed by atoms with E-state index in [0.29, 0.717) is 22.4 Å². The van der Waals surface area contributed by atoms with Gasteiger partial charge in [0.15, 0.2) is 0 Å². The highest BCUT2D eigenvalue weighted by molar-refractivity contribution is 7.17. The highest BCUT2D eigenvalue weighted by atomic mass is 32.1. The molecule has 27 heavy (non-hydrogen) atoms. The zero-order valence-corrected chi connectivity index (χ0v) is 15.8. The Kier molecular flexibility index (Phi) is 4.41. The maximum absolute atomic E-state index is 13.3. The number of para-hydroxylation sites is 1. The SMILES string of the molecule is COc1ccc(Cn2c(=O)n(-c3ccccc3C)c(=O)c3sccc32)cc1. The Morgan fingerprint density at radius 3 is 2.44 bits per heavy atom.